The number of aliphatic hydroxyl groups excluding tert-OH is 1. The second-order valence-electron chi connectivity index (χ2n) is 1.72. The summed E-state index contributed by atoms with van der Waals surface area (Å²) >= 11 is 0. The highest BCUT2D eigenvalue weighted by Gasteiger charge is 2.33. The topological polar surface area (TPSA) is 107 Å². The molecule has 10 heavy (non-hydrogen) atoms. The average molecular weight is 150 g/mol. The first kappa shape index (κ1) is 8.76. The van der Waals surface area contributed by atoms with Crippen molar-refractivity contribution in [2.45, 2.75) is 19.2 Å². The second-order valence-corrected chi connectivity index (χ2v) is 1.72. The third-order valence-electron chi connectivity index (χ3n) is 0.980. The van der Waals surface area contributed by atoms with E-state index in [2.05, 4.69) is 0 Å². The van der Waals surface area contributed by atoms with Crippen LogP contribution in [0.2, 0.25) is 0 Å². The molecular formula is C3H6N2O5. The summed E-state index contributed by atoms with van der Waals surface area (Å²) in [6.07, 6.45) is -2.12. The van der Waals surface area contributed by atoms with Gasteiger partial charge < -0.3 is 5.11 Å². The first-order valence-corrected chi connectivity index (χ1v) is 2.42. The van der Waals surface area contributed by atoms with E-state index < -0.39 is 22.1 Å². The first-order chi connectivity index (χ1) is 4.46. The molecule has 0 fully saturated rings. The lowest BCUT2D eigenvalue weighted by Crippen LogP contribution is -2.36. The van der Waals surface area contributed by atoms with Gasteiger partial charge in [0.05, 0.1) is 4.92 Å². The summed E-state index contributed by atoms with van der Waals surface area (Å²) in [6.45, 7) is 0.966. The summed E-state index contributed by atoms with van der Waals surface area (Å²) in [5.74, 6) is 0. The third kappa shape index (κ3) is 1.94. The van der Waals surface area contributed by atoms with Crippen molar-refractivity contribution in [2.75, 3.05) is 0 Å². The minimum Gasteiger partial charge on any atom is -0.328 e. The van der Waals surface area contributed by atoms with Crippen molar-refractivity contribution < 1.29 is 15.0 Å². The molecule has 0 aromatic carbocycles. The van der Waals surface area contributed by atoms with Gasteiger partial charge in [-0.25, -0.2) is 0 Å². The standard InChI is InChI=1S/C3H6N2O5/c1-2(4(7)8)3(6)5(9)10/h2-3,6H,1H3. The molecule has 0 spiro atoms. The van der Waals surface area contributed by atoms with Gasteiger partial charge in [-0.2, -0.15) is 0 Å². The highest BCUT2D eigenvalue weighted by atomic mass is 16.7. The van der Waals surface area contributed by atoms with Crippen LogP contribution in [0.4, 0.5) is 0 Å². The van der Waals surface area contributed by atoms with Gasteiger partial charge >= 0.3 is 12.3 Å². The van der Waals surface area contributed by atoms with Crippen LogP contribution in [0.15, 0.2) is 0 Å². The van der Waals surface area contributed by atoms with Crippen LogP contribution >= 0.6 is 0 Å². The van der Waals surface area contributed by atoms with E-state index in [0.717, 1.165) is 6.92 Å². The fourth-order valence-corrected chi connectivity index (χ4v) is 0.285. The largest absolute Gasteiger partial charge is 0.379 e. The molecule has 0 radical (unpaired) electrons. The third-order valence-corrected chi connectivity index (χ3v) is 0.980. The van der Waals surface area contributed by atoms with Crippen LogP contribution in [-0.2, 0) is 0 Å². The maximum absolute atomic E-state index is 9.79. The Hall–Kier alpha value is -1.24. The van der Waals surface area contributed by atoms with Gasteiger partial charge in [0.15, 0.2) is 0 Å². The Kier molecular flexibility index (Phi) is 2.68. The van der Waals surface area contributed by atoms with E-state index in [9.17, 15) is 20.2 Å². The fourth-order valence-electron chi connectivity index (χ4n) is 0.285. The van der Waals surface area contributed by atoms with E-state index in [1.807, 2.05) is 0 Å². The van der Waals surface area contributed by atoms with Gasteiger partial charge in [-0.15, -0.1) is 0 Å². The Labute approximate surface area is 55.6 Å². The molecule has 0 aliphatic carbocycles. The first-order valence-electron chi connectivity index (χ1n) is 2.42. The highest BCUT2D eigenvalue weighted by molar-refractivity contribution is 4.48. The number of rotatable bonds is 3. The Morgan fingerprint density at radius 2 is 1.70 bits per heavy atom. The molecule has 0 saturated heterocycles. The lowest BCUT2D eigenvalue weighted by molar-refractivity contribution is -0.648. The molecule has 2 unspecified atom stereocenters. The minimum absolute atomic E-state index is 0.909. The van der Waals surface area contributed by atoms with Gasteiger partial charge in [0, 0.05) is 11.8 Å². The molecule has 0 heterocycles. The van der Waals surface area contributed by atoms with E-state index in [-0.39, 0.29) is 0 Å². The molecule has 0 aliphatic rings. The molecule has 0 aliphatic heterocycles. The number of hydrogen-bond acceptors (Lipinski definition) is 5. The van der Waals surface area contributed by atoms with Crippen molar-refractivity contribution in [1.29, 1.82) is 0 Å². The maximum atomic E-state index is 9.79. The average Bonchev–Trinajstić information content (AvgIpc) is 1.84. The van der Waals surface area contributed by atoms with Gasteiger partial charge in [0.1, 0.15) is 0 Å². The van der Waals surface area contributed by atoms with Crippen LogP contribution in [0.25, 0.3) is 0 Å². The number of nitro groups is 2. The summed E-state index contributed by atoms with van der Waals surface area (Å²) in [5, 5.41) is 27.9. The van der Waals surface area contributed by atoms with Crippen LogP contribution in [-0.4, -0.2) is 27.2 Å². The smallest absolute Gasteiger partial charge is 0.328 e. The summed E-state index contributed by atoms with van der Waals surface area (Å²) in [7, 11) is 0. The fraction of sp³-hybridized carbons (Fsp3) is 1.00. The van der Waals surface area contributed by atoms with Crippen LogP contribution in [0.3, 0.4) is 0 Å². The van der Waals surface area contributed by atoms with Crippen LogP contribution < -0.4 is 0 Å². The predicted octanol–water partition coefficient (Wildman–Crippen LogP) is -0.753. The highest BCUT2D eigenvalue weighted by Crippen LogP contribution is 1.96. The molecule has 0 aromatic heterocycles. The van der Waals surface area contributed by atoms with Crippen LogP contribution in [0, 0.1) is 20.2 Å². The molecule has 2 atom stereocenters. The van der Waals surface area contributed by atoms with Crippen molar-refractivity contribution in [3.05, 3.63) is 20.2 Å². The van der Waals surface area contributed by atoms with E-state index >= 15 is 0 Å². The summed E-state index contributed by atoms with van der Waals surface area (Å²) in [5.41, 5.74) is 0. The van der Waals surface area contributed by atoms with Crippen molar-refractivity contribution in [3.8, 4) is 0 Å². The van der Waals surface area contributed by atoms with Gasteiger partial charge in [-0.3, -0.25) is 20.2 Å². The molecule has 0 aromatic rings. The molecule has 7 nitrogen and oxygen atoms in total. The summed E-state index contributed by atoms with van der Waals surface area (Å²) in [6, 6.07) is -1.56. The number of nitrogens with zero attached hydrogens (tertiary/aromatic N) is 2. The molecule has 0 bridgehead atoms. The van der Waals surface area contributed by atoms with Crippen molar-refractivity contribution in [2.24, 2.45) is 0 Å². The van der Waals surface area contributed by atoms with Gasteiger partial charge in [0.2, 0.25) is 0 Å². The SMILES string of the molecule is CC(C(O)[N+](=O)[O-])[N+](=O)[O-]. The Morgan fingerprint density at radius 1 is 1.30 bits per heavy atom. The molecule has 1 N–H and O–H groups in total. The zero-order chi connectivity index (χ0) is 8.31. The van der Waals surface area contributed by atoms with Crippen molar-refractivity contribution in [1.82, 2.24) is 0 Å². The van der Waals surface area contributed by atoms with E-state index in [4.69, 9.17) is 5.11 Å². The van der Waals surface area contributed by atoms with Gasteiger partial charge in [-0.1, -0.05) is 0 Å². The monoisotopic (exact) mass is 150 g/mol. The lowest BCUT2D eigenvalue weighted by atomic mass is 10.3. The summed E-state index contributed by atoms with van der Waals surface area (Å²) in [4.78, 5) is 17.5. The molecular weight excluding hydrogens is 144 g/mol. The number of aliphatic hydroxyl groups is 1. The van der Waals surface area contributed by atoms with Crippen LogP contribution in [0.5, 0.6) is 0 Å². The molecule has 0 saturated carbocycles. The number of hydrogen-bond donors (Lipinski definition) is 1. The normalized spacial score (nSPS) is 15.8. The van der Waals surface area contributed by atoms with E-state index in [1.54, 1.807) is 0 Å². The predicted molar refractivity (Wildman–Crippen MR) is 29.5 cm³/mol. The van der Waals surface area contributed by atoms with Gasteiger partial charge in [0.25, 0.3) is 0 Å². The summed E-state index contributed by atoms with van der Waals surface area (Å²) < 4.78 is 0. The molecule has 0 amide bonds. The van der Waals surface area contributed by atoms with Crippen molar-refractivity contribution in [3.63, 3.8) is 0 Å². The van der Waals surface area contributed by atoms with Crippen LogP contribution in [0.1, 0.15) is 6.92 Å². The molecule has 0 rings (SSSR count). The lowest BCUT2D eigenvalue weighted by Gasteiger charge is -2.02. The zero-order valence-corrected chi connectivity index (χ0v) is 5.13. The minimum atomic E-state index is -2.12. The quantitative estimate of drug-likeness (QED) is 0.323. The Morgan fingerprint density at radius 3 is 1.80 bits per heavy atom. The van der Waals surface area contributed by atoms with E-state index in [0.29, 0.717) is 0 Å². The van der Waals surface area contributed by atoms with E-state index in [1.165, 1.54) is 0 Å². The zero-order valence-electron chi connectivity index (χ0n) is 5.13. The molecule has 7 heteroatoms. The molecule has 58 valence electrons. The Balaban J connectivity index is 4.07. The second kappa shape index (κ2) is 3.06. The van der Waals surface area contributed by atoms with Crippen molar-refractivity contribution >= 4 is 0 Å². The van der Waals surface area contributed by atoms with Gasteiger partial charge in [-0.05, 0) is 0 Å². The Bertz CT molecular complexity index is 139. The maximum Gasteiger partial charge on any atom is 0.379 e.